The number of allylic oxidation sites excluding steroid dienone is 1. The molecule has 0 amide bonds. The van der Waals surface area contributed by atoms with E-state index in [0.717, 1.165) is 16.6 Å². The lowest BCUT2D eigenvalue weighted by Gasteiger charge is -2.01. The van der Waals surface area contributed by atoms with E-state index in [1.54, 1.807) is 6.21 Å². The van der Waals surface area contributed by atoms with Gasteiger partial charge < -0.3 is 4.57 Å². The quantitative estimate of drug-likeness (QED) is 0.510. The second kappa shape index (κ2) is 5.94. The molecule has 1 heterocycles. The number of hydrogen-bond acceptors (Lipinski definition) is 2. The Kier molecular flexibility index (Phi) is 3.84. The molecular formula is C17H14ClN3. The highest BCUT2D eigenvalue weighted by molar-refractivity contribution is 6.30. The number of halogens is 1. The van der Waals surface area contributed by atoms with E-state index in [9.17, 15) is 0 Å². The van der Waals surface area contributed by atoms with Gasteiger partial charge in [-0.2, -0.15) is 0 Å². The average Bonchev–Trinajstić information content (AvgIpc) is 2.85. The maximum absolute atomic E-state index is 5.88. The van der Waals surface area contributed by atoms with Crippen molar-refractivity contribution in [2.75, 3.05) is 0 Å². The molecule has 0 bridgehead atoms. The first kappa shape index (κ1) is 13.6. The van der Waals surface area contributed by atoms with Crippen LogP contribution in [0.3, 0.4) is 0 Å². The fourth-order valence-electron chi connectivity index (χ4n) is 2.15. The Labute approximate surface area is 128 Å². The van der Waals surface area contributed by atoms with Crippen molar-refractivity contribution in [1.29, 1.82) is 0 Å². The molecule has 0 saturated heterocycles. The molecule has 21 heavy (non-hydrogen) atoms. The van der Waals surface area contributed by atoms with E-state index in [1.165, 1.54) is 0 Å². The van der Waals surface area contributed by atoms with Gasteiger partial charge in [0.15, 0.2) is 0 Å². The molecule has 0 unspecified atom stereocenters. The van der Waals surface area contributed by atoms with Crippen LogP contribution in [0, 0.1) is 0 Å². The Bertz CT molecular complexity index is 801. The summed E-state index contributed by atoms with van der Waals surface area (Å²) in [7, 11) is 0. The Morgan fingerprint density at radius 3 is 2.67 bits per heavy atom. The minimum Gasteiger partial charge on any atom is -0.305 e. The third-order valence-corrected chi connectivity index (χ3v) is 3.40. The van der Waals surface area contributed by atoms with Crippen molar-refractivity contribution in [1.82, 2.24) is 9.55 Å². The van der Waals surface area contributed by atoms with Crippen LogP contribution in [0.25, 0.3) is 11.0 Å². The molecule has 3 aromatic rings. The second-order valence-corrected chi connectivity index (χ2v) is 5.05. The first-order valence-corrected chi connectivity index (χ1v) is 7.01. The summed E-state index contributed by atoms with van der Waals surface area (Å²) in [5.74, 6) is 0.672. The van der Waals surface area contributed by atoms with Crippen LogP contribution in [-0.4, -0.2) is 15.8 Å². The van der Waals surface area contributed by atoms with Crippen LogP contribution in [0.15, 0.2) is 66.2 Å². The highest BCUT2D eigenvalue weighted by atomic mass is 35.5. The number of rotatable bonds is 4. The number of aliphatic imine (C=N–C) groups is 1. The molecule has 4 heteroatoms. The molecule has 104 valence electrons. The van der Waals surface area contributed by atoms with Crippen LogP contribution in [0.1, 0.15) is 5.56 Å². The summed E-state index contributed by atoms with van der Waals surface area (Å²) < 4.78 is 2.04. The van der Waals surface area contributed by atoms with Crippen LogP contribution in [0.5, 0.6) is 0 Å². The molecule has 0 N–H and O–H groups in total. The molecule has 0 fully saturated rings. The molecule has 0 spiro atoms. The third kappa shape index (κ3) is 2.88. The molecule has 0 aliphatic carbocycles. The lowest BCUT2D eigenvalue weighted by molar-refractivity contribution is 0.853. The smallest absolute Gasteiger partial charge is 0.230 e. The zero-order valence-corrected chi connectivity index (χ0v) is 12.2. The Morgan fingerprint density at radius 2 is 1.90 bits per heavy atom. The van der Waals surface area contributed by atoms with Gasteiger partial charge >= 0.3 is 0 Å². The van der Waals surface area contributed by atoms with Crippen LogP contribution in [-0.2, 0) is 6.54 Å². The summed E-state index contributed by atoms with van der Waals surface area (Å²) in [4.78, 5) is 9.05. The van der Waals surface area contributed by atoms with Crippen LogP contribution in [0.4, 0.5) is 5.95 Å². The zero-order chi connectivity index (χ0) is 14.7. The van der Waals surface area contributed by atoms with Gasteiger partial charge in [0.25, 0.3) is 0 Å². The maximum Gasteiger partial charge on any atom is 0.230 e. The topological polar surface area (TPSA) is 30.2 Å². The number of imidazole rings is 1. The van der Waals surface area contributed by atoms with Crippen molar-refractivity contribution in [3.05, 3.63) is 71.8 Å². The molecule has 0 atom stereocenters. The van der Waals surface area contributed by atoms with Gasteiger partial charge in [0.1, 0.15) is 0 Å². The van der Waals surface area contributed by atoms with Gasteiger partial charge in [-0.05, 0) is 29.8 Å². The fraction of sp³-hybridized carbons (Fsp3) is 0.0588. The van der Waals surface area contributed by atoms with E-state index in [0.29, 0.717) is 17.5 Å². The minimum atomic E-state index is 0.672. The van der Waals surface area contributed by atoms with E-state index in [-0.39, 0.29) is 0 Å². The molecule has 3 nitrogen and oxygen atoms in total. The van der Waals surface area contributed by atoms with Crippen molar-refractivity contribution in [3.63, 3.8) is 0 Å². The normalized spacial score (nSPS) is 11.3. The predicted molar refractivity (Wildman–Crippen MR) is 88.6 cm³/mol. The van der Waals surface area contributed by atoms with Crippen LogP contribution < -0.4 is 0 Å². The second-order valence-electron chi connectivity index (χ2n) is 4.61. The molecule has 2 aromatic carbocycles. The first-order valence-electron chi connectivity index (χ1n) is 6.64. The molecule has 0 saturated carbocycles. The largest absolute Gasteiger partial charge is 0.305 e. The van der Waals surface area contributed by atoms with Gasteiger partial charge in [-0.1, -0.05) is 41.9 Å². The van der Waals surface area contributed by atoms with Crippen LogP contribution >= 0.6 is 11.6 Å². The van der Waals surface area contributed by atoms with Crippen LogP contribution in [0.2, 0.25) is 5.02 Å². The summed E-state index contributed by atoms with van der Waals surface area (Å²) in [5.41, 5.74) is 2.97. The van der Waals surface area contributed by atoms with Gasteiger partial charge in [0, 0.05) is 17.8 Å². The standard InChI is InChI=1S/C17H14ClN3/c1-2-11-21-16-6-4-3-5-15(16)20-17(21)19-12-13-7-9-14(18)10-8-13/h2-10,12H,1,11H2. The van der Waals surface area contributed by atoms with E-state index >= 15 is 0 Å². The van der Waals surface area contributed by atoms with Crippen molar-refractivity contribution < 1.29 is 0 Å². The third-order valence-electron chi connectivity index (χ3n) is 3.15. The lowest BCUT2D eigenvalue weighted by atomic mass is 10.2. The average molecular weight is 296 g/mol. The SMILES string of the molecule is C=CCn1c(N=Cc2ccc(Cl)cc2)nc2ccccc21. The van der Waals surface area contributed by atoms with Gasteiger partial charge in [-0.15, -0.1) is 6.58 Å². The molecule has 3 rings (SSSR count). The monoisotopic (exact) mass is 295 g/mol. The highest BCUT2D eigenvalue weighted by Crippen LogP contribution is 2.21. The summed E-state index contributed by atoms with van der Waals surface area (Å²) in [6.07, 6.45) is 3.63. The van der Waals surface area contributed by atoms with Crippen molar-refractivity contribution in [2.45, 2.75) is 6.54 Å². The minimum absolute atomic E-state index is 0.672. The predicted octanol–water partition coefficient (Wildman–Crippen LogP) is 4.63. The van der Waals surface area contributed by atoms with E-state index in [2.05, 4.69) is 16.6 Å². The maximum atomic E-state index is 5.88. The van der Waals surface area contributed by atoms with Crippen molar-refractivity contribution in [3.8, 4) is 0 Å². The number of benzene rings is 2. The number of para-hydroxylation sites is 2. The molecule has 1 aromatic heterocycles. The van der Waals surface area contributed by atoms with E-state index in [4.69, 9.17) is 11.6 Å². The fourth-order valence-corrected chi connectivity index (χ4v) is 2.28. The number of fused-ring (bicyclic) bond motifs is 1. The molecule has 0 radical (unpaired) electrons. The van der Waals surface area contributed by atoms with Crippen molar-refractivity contribution in [2.24, 2.45) is 4.99 Å². The number of aromatic nitrogens is 2. The van der Waals surface area contributed by atoms with Gasteiger partial charge in [0.2, 0.25) is 5.95 Å². The van der Waals surface area contributed by atoms with Gasteiger partial charge in [-0.3, -0.25) is 0 Å². The van der Waals surface area contributed by atoms with E-state index in [1.807, 2.05) is 59.2 Å². The first-order chi connectivity index (χ1) is 10.3. The van der Waals surface area contributed by atoms with Crippen molar-refractivity contribution >= 4 is 34.8 Å². The molecule has 0 aliphatic rings. The summed E-state index contributed by atoms with van der Waals surface area (Å²) in [5, 5.41) is 0.714. The van der Waals surface area contributed by atoms with Gasteiger partial charge in [0.05, 0.1) is 11.0 Å². The zero-order valence-electron chi connectivity index (χ0n) is 11.4. The molecular weight excluding hydrogens is 282 g/mol. The number of hydrogen-bond donors (Lipinski definition) is 0. The Morgan fingerprint density at radius 1 is 1.14 bits per heavy atom. The Hall–Kier alpha value is -2.39. The summed E-state index contributed by atoms with van der Waals surface area (Å²) in [6.45, 7) is 4.47. The lowest BCUT2D eigenvalue weighted by Crippen LogP contribution is -1.94. The number of nitrogens with zero attached hydrogens (tertiary/aromatic N) is 3. The van der Waals surface area contributed by atoms with E-state index < -0.39 is 0 Å². The Balaban J connectivity index is 2.01. The summed E-state index contributed by atoms with van der Waals surface area (Å²) in [6, 6.07) is 15.5. The van der Waals surface area contributed by atoms with Gasteiger partial charge in [-0.25, -0.2) is 9.98 Å². The highest BCUT2D eigenvalue weighted by Gasteiger charge is 2.07. The summed E-state index contributed by atoms with van der Waals surface area (Å²) >= 11 is 5.88. The molecule has 0 aliphatic heterocycles.